The summed E-state index contributed by atoms with van der Waals surface area (Å²) in [4.78, 5) is 24.8. The predicted molar refractivity (Wildman–Crippen MR) is 114 cm³/mol. The Bertz CT molecular complexity index is 807. The molecule has 8 saturated carbocycles. The van der Waals surface area contributed by atoms with Crippen LogP contribution in [0.25, 0.3) is 0 Å². The van der Waals surface area contributed by atoms with E-state index in [0.29, 0.717) is 55.8 Å². The van der Waals surface area contributed by atoms with Gasteiger partial charge >= 0.3 is 17.9 Å². The fourth-order valence-corrected chi connectivity index (χ4v) is 9.40. The van der Waals surface area contributed by atoms with E-state index >= 15 is 0 Å². The van der Waals surface area contributed by atoms with Crippen LogP contribution in [0.2, 0.25) is 0 Å². The lowest BCUT2D eigenvalue weighted by Crippen LogP contribution is -2.60. The Balaban J connectivity index is 1.08. The summed E-state index contributed by atoms with van der Waals surface area (Å²) in [5.74, 6) is -2.00. The van der Waals surface area contributed by atoms with Gasteiger partial charge in [-0.15, -0.1) is 0 Å². The van der Waals surface area contributed by atoms with E-state index in [1.54, 1.807) is 0 Å². The number of hydrogen-bond donors (Lipinski definition) is 0. The molecule has 0 radical (unpaired) electrons. The summed E-state index contributed by atoms with van der Waals surface area (Å²) in [6.45, 7) is 2.81. The van der Waals surface area contributed by atoms with Gasteiger partial charge in [-0.25, -0.2) is 9.59 Å². The topological polar surface area (TPSA) is 61.8 Å². The number of alkyl halides is 2. The summed E-state index contributed by atoms with van der Waals surface area (Å²) >= 11 is 0. The maximum absolute atomic E-state index is 13.5. The van der Waals surface area contributed by atoms with Gasteiger partial charge in [0.15, 0.2) is 0 Å². The number of carbonyl (C=O) groups excluding carboxylic acids is 2. The quantitative estimate of drug-likeness (QED) is 0.521. The third kappa shape index (κ3) is 3.71. The van der Waals surface area contributed by atoms with Crippen molar-refractivity contribution in [1.82, 2.24) is 0 Å². The molecular formula is C26H36F2O5. The predicted octanol–water partition coefficient (Wildman–Crippen LogP) is 4.91. The first kappa shape index (κ1) is 22.2. The molecule has 0 aliphatic heterocycles. The normalized spacial score (nSPS) is 49.3. The highest BCUT2D eigenvalue weighted by atomic mass is 19.3. The second kappa shape index (κ2) is 7.38. The molecule has 5 unspecified atom stereocenters. The smallest absolute Gasteiger partial charge is 0.377 e. The van der Waals surface area contributed by atoms with Crippen LogP contribution in [0, 0.1) is 41.4 Å². The number of esters is 2. The first-order valence-electron chi connectivity index (χ1n) is 13.0. The molecule has 184 valence electrons. The standard InChI is InChI=1S/C26H36F2O5/c1-14-18-4-15-3-16(5-18)10-26(14,9-15)32-21(29)13-31-22-19-6-17-7-20(22)12-25(8-17,11-19)33-23(30)24(2,27)28/h14-20,22H,3-13H2,1-2H3. The molecule has 7 heteroatoms. The summed E-state index contributed by atoms with van der Waals surface area (Å²) in [5.41, 5.74) is -1.09. The highest BCUT2D eigenvalue weighted by Gasteiger charge is 2.60. The Morgan fingerprint density at radius 1 is 0.848 bits per heavy atom. The number of ether oxygens (including phenoxy) is 3. The van der Waals surface area contributed by atoms with Crippen LogP contribution in [0.3, 0.4) is 0 Å². The molecule has 0 aromatic carbocycles. The van der Waals surface area contributed by atoms with E-state index < -0.39 is 17.5 Å². The van der Waals surface area contributed by atoms with E-state index in [1.807, 2.05) is 0 Å². The number of rotatable bonds is 6. The summed E-state index contributed by atoms with van der Waals surface area (Å²) < 4.78 is 44.8. The van der Waals surface area contributed by atoms with E-state index in [-0.39, 0.29) is 36.1 Å². The Labute approximate surface area is 194 Å². The number of halogens is 2. The first-order valence-corrected chi connectivity index (χ1v) is 13.0. The third-order valence-electron chi connectivity index (χ3n) is 10.3. The molecule has 5 nitrogen and oxygen atoms in total. The van der Waals surface area contributed by atoms with Crippen LogP contribution in [0.5, 0.6) is 0 Å². The molecule has 8 rings (SSSR count). The molecule has 0 aromatic rings. The van der Waals surface area contributed by atoms with Crippen molar-refractivity contribution < 1.29 is 32.6 Å². The van der Waals surface area contributed by atoms with Crippen LogP contribution in [-0.2, 0) is 23.8 Å². The largest absolute Gasteiger partial charge is 0.457 e. The minimum Gasteiger partial charge on any atom is -0.457 e. The second-order valence-corrected chi connectivity index (χ2v) is 12.6. The van der Waals surface area contributed by atoms with Crippen molar-refractivity contribution in [3.63, 3.8) is 0 Å². The summed E-state index contributed by atoms with van der Waals surface area (Å²) in [7, 11) is 0. The maximum atomic E-state index is 13.5. The summed E-state index contributed by atoms with van der Waals surface area (Å²) in [5, 5.41) is 0. The Morgan fingerprint density at radius 2 is 1.42 bits per heavy atom. The molecule has 8 fully saturated rings. The first-order chi connectivity index (χ1) is 15.5. The Hall–Kier alpha value is -1.24. The van der Waals surface area contributed by atoms with Gasteiger partial charge in [0, 0.05) is 6.92 Å². The van der Waals surface area contributed by atoms with Crippen molar-refractivity contribution in [3.05, 3.63) is 0 Å². The molecular weight excluding hydrogens is 430 g/mol. The third-order valence-corrected chi connectivity index (χ3v) is 10.3. The lowest BCUT2D eigenvalue weighted by atomic mass is 9.50. The lowest BCUT2D eigenvalue weighted by Gasteiger charge is -2.59. The Morgan fingerprint density at radius 3 is 2.03 bits per heavy atom. The van der Waals surface area contributed by atoms with Gasteiger partial charge in [0.05, 0.1) is 6.10 Å². The van der Waals surface area contributed by atoms with Gasteiger partial charge < -0.3 is 14.2 Å². The van der Waals surface area contributed by atoms with Crippen molar-refractivity contribution in [2.45, 2.75) is 101 Å². The van der Waals surface area contributed by atoms with E-state index in [0.717, 1.165) is 25.7 Å². The minimum atomic E-state index is -3.47. The molecule has 0 aromatic heterocycles. The molecule has 8 aliphatic rings. The van der Waals surface area contributed by atoms with Gasteiger partial charge in [-0.05, 0) is 106 Å². The van der Waals surface area contributed by atoms with Gasteiger partial charge in [0.25, 0.3) is 0 Å². The highest BCUT2D eigenvalue weighted by Crippen LogP contribution is 2.60. The Kier molecular flexibility index (Phi) is 4.97. The summed E-state index contributed by atoms with van der Waals surface area (Å²) in [6, 6.07) is 0. The molecule has 0 N–H and O–H groups in total. The minimum absolute atomic E-state index is 0.0450. The zero-order valence-electron chi connectivity index (χ0n) is 19.7. The molecule has 5 atom stereocenters. The van der Waals surface area contributed by atoms with Gasteiger partial charge in [0.2, 0.25) is 0 Å². The van der Waals surface area contributed by atoms with Crippen LogP contribution in [0.1, 0.15) is 78.1 Å². The second-order valence-electron chi connectivity index (χ2n) is 12.6. The number of hydrogen-bond acceptors (Lipinski definition) is 5. The van der Waals surface area contributed by atoms with Crippen LogP contribution in [-0.4, -0.2) is 41.8 Å². The van der Waals surface area contributed by atoms with Gasteiger partial charge in [0.1, 0.15) is 17.8 Å². The average molecular weight is 467 g/mol. The lowest BCUT2D eigenvalue weighted by molar-refractivity contribution is -0.232. The van der Waals surface area contributed by atoms with Crippen LogP contribution in [0.4, 0.5) is 8.78 Å². The van der Waals surface area contributed by atoms with Crippen LogP contribution < -0.4 is 0 Å². The maximum Gasteiger partial charge on any atom is 0.377 e. The van der Waals surface area contributed by atoms with E-state index in [2.05, 4.69) is 6.92 Å². The summed E-state index contributed by atoms with van der Waals surface area (Å²) in [6.07, 6.45) is 9.44. The fourth-order valence-electron chi connectivity index (χ4n) is 9.40. The molecule has 8 bridgehead atoms. The van der Waals surface area contributed by atoms with E-state index in [9.17, 15) is 18.4 Å². The monoisotopic (exact) mass is 466 g/mol. The SMILES string of the molecule is CC1C2CC3CC(C2)CC1(OC(=O)COC1C2CC4CC1CC(OC(=O)C(C)(F)F)(C4)C2)C3. The van der Waals surface area contributed by atoms with Gasteiger partial charge in [-0.3, -0.25) is 0 Å². The highest BCUT2D eigenvalue weighted by molar-refractivity contribution is 5.77. The zero-order chi connectivity index (χ0) is 23.2. The van der Waals surface area contributed by atoms with E-state index in [1.165, 1.54) is 19.3 Å². The van der Waals surface area contributed by atoms with Crippen LogP contribution >= 0.6 is 0 Å². The number of carbonyl (C=O) groups is 2. The molecule has 0 spiro atoms. The van der Waals surface area contributed by atoms with E-state index in [4.69, 9.17) is 14.2 Å². The van der Waals surface area contributed by atoms with Gasteiger partial charge in [-0.1, -0.05) is 6.92 Å². The molecule has 0 amide bonds. The average Bonchev–Trinajstić information content (AvgIpc) is 2.69. The van der Waals surface area contributed by atoms with Crippen molar-refractivity contribution >= 4 is 11.9 Å². The van der Waals surface area contributed by atoms with Gasteiger partial charge in [-0.2, -0.15) is 8.78 Å². The molecule has 8 aliphatic carbocycles. The van der Waals surface area contributed by atoms with Crippen molar-refractivity contribution in [3.8, 4) is 0 Å². The van der Waals surface area contributed by atoms with Crippen molar-refractivity contribution in [2.75, 3.05) is 6.61 Å². The van der Waals surface area contributed by atoms with Crippen molar-refractivity contribution in [1.29, 1.82) is 0 Å². The van der Waals surface area contributed by atoms with Crippen LogP contribution in [0.15, 0.2) is 0 Å². The molecule has 33 heavy (non-hydrogen) atoms. The molecule has 0 saturated heterocycles. The van der Waals surface area contributed by atoms with Crippen molar-refractivity contribution in [2.24, 2.45) is 41.4 Å². The zero-order valence-corrected chi connectivity index (χ0v) is 19.7. The molecule has 0 heterocycles. The fraction of sp³-hybridized carbons (Fsp3) is 0.923.